The molecule has 106 valence electrons. The van der Waals surface area contributed by atoms with Gasteiger partial charge in [-0.05, 0) is 24.1 Å². The Hall–Kier alpha value is -2.60. The Morgan fingerprint density at radius 2 is 1.67 bits per heavy atom. The maximum Gasteiger partial charge on any atom is 0.253 e. The van der Waals surface area contributed by atoms with E-state index in [1.165, 1.54) is 0 Å². The molecule has 3 heteroatoms. The van der Waals surface area contributed by atoms with Crippen molar-refractivity contribution in [3.63, 3.8) is 0 Å². The maximum absolute atomic E-state index is 12.2. The van der Waals surface area contributed by atoms with Crippen LogP contribution in [-0.2, 0) is 0 Å². The fraction of sp³-hybridized carbons (Fsp3) is 0.222. The molecular formula is C18H18N2O. The molecule has 2 rings (SSSR count). The lowest BCUT2D eigenvalue weighted by molar-refractivity contribution is 0.0792. The van der Waals surface area contributed by atoms with Crippen LogP contribution in [0.4, 0.5) is 0 Å². The van der Waals surface area contributed by atoms with Crippen molar-refractivity contribution in [1.82, 2.24) is 4.90 Å². The highest BCUT2D eigenvalue weighted by Crippen LogP contribution is 2.19. The molecule has 0 aliphatic carbocycles. The third-order valence-corrected chi connectivity index (χ3v) is 3.48. The summed E-state index contributed by atoms with van der Waals surface area (Å²) in [7, 11) is 1.77. The van der Waals surface area contributed by atoms with Crippen LogP contribution in [0.5, 0.6) is 0 Å². The van der Waals surface area contributed by atoms with Gasteiger partial charge < -0.3 is 4.90 Å². The lowest BCUT2D eigenvalue weighted by atomic mass is 9.97. The third-order valence-electron chi connectivity index (χ3n) is 3.48. The lowest BCUT2D eigenvalue weighted by Gasteiger charge is -2.19. The molecule has 0 radical (unpaired) electrons. The van der Waals surface area contributed by atoms with Gasteiger partial charge in [-0.2, -0.15) is 5.26 Å². The zero-order valence-electron chi connectivity index (χ0n) is 12.1. The normalized spacial score (nSPS) is 11.4. The number of nitrogens with zero attached hydrogens (tertiary/aromatic N) is 2. The zero-order valence-corrected chi connectivity index (χ0v) is 12.1. The van der Waals surface area contributed by atoms with Gasteiger partial charge in [0.15, 0.2) is 0 Å². The van der Waals surface area contributed by atoms with Crippen molar-refractivity contribution in [3.8, 4) is 6.07 Å². The van der Waals surface area contributed by atoms with E-state index in [2.05, 4.69) is 6.07 Å². The summed E-state index contributed by atoms with van der Waals surface area (Å²) in [4.78, 5) is 13.9. The number of hydrogen-bond donors (Lipinski definition) is 0. The maximum atomic E-state index is 12.2. The predicted octanol–water partition coefficient (Wildman–Crippen LogP) is 3.46. The Morgan fingerprint density at radius 3 is 2.24 bits per heavy atom. The molecule has 0 saturated heterocycles. The van der Waals surface area contributed by atoms with Gasteiger partial charge in [0.2, 0.25) is 0 Å². The molecule has 0 heterocycles. The van der Waals surface area contributed by atoms with E-state index in [1.54, 1.807) is 24.1 Å². The van der Waals surface area contributed by atoms with E-state index in [0.717, 1.165) is 5.56 Å². The van der Waals surface area contributed by atoms with Crippen LogP contribution in [-0.4, -0.2) is 24.4 Å². The first-order chi connectivity index (χ1) is 10.2. The largest absolute Gasteiger partial charge is 0.342 e. The van der Waals surface area contributed by atoms with Crippen molar-refractivity contribution in [3.05, 3.63) is 71.8 Å². The summed E-state index contributed by atoms with van der Waals surface area (Å²) in [6.07, 6.45) is 0.635. The predicted molar refractivity (Wildman–Crippen MR) is 82.8 cm³/mol. The number of nitriles is 1. The summed E-state index contributed by atoms with van der Waals surface area (Å²) >= 11 is 0. The molecule has 0 bridgehead atoms. The van der Waals surface area contributed by atoms with E-state index >= 15 is 0 Å². The van der Waals surface area contributed by atoms with Crippen molar-refractivity contribution in [2.75, 3.05) is 13.6 Å². The summed E-state index contributed by atoms with van der Waals surface area (Å²) in [5.74, 6) is -0.197. The number of amides is 1. The van der Waals surface area contributed by atoms with Gasteiger partial charge in [0.25, 0.3) is 5.91 Å². The van der Waals surface area contributed by atoms with E-state index in [0.29, 0.717) is 18.5 Å². The van der Waals surface area contributed by atoms with Crippen LogP contribution in [0.1, 0.15) is 28.3 Å². The van der Waals surface area contributed by atoms with Crippen molar-refractivity contribution < 1.29 is 4.79 Å². The van der Waals surface area contributed by atoms with Crippen molar-refractivity contribution in [1.29, 1.82) is 5.26 Å². The van der Waals surface area contributed by atoms with Crippen LogP contribution in [0, 0.1) is 11.3 Å². The van der Waals surface area contributed by atoms with Gasteiger partial charge in [0.05, 0.1) is 12.0 Å². The fourth-order valence-electron chi connectivity index (χ4n) is 2.22. The summed E-state index contributed by atoms with van der Waals surface area (Å²) < 4.78 is 0. The van der Waals surface area contributed by atoms with E-state index in [4.69, 9.17) is 0 Å². The Labute approximate surface area is 125 Å². The zero-order chi connectivity index (χ0) is 15.1. The molecule has 0 saturated carbocycles. The topological polar surface area (TPSA) is 44.1 Å². The molecule has 1 atom stereocenters. The highest BCUT2D eigenvalue weighted by atomic mass is 16.2. The van der Waals surface area contributed by atoms with Crippen LogP contribution in [0.25, 0.3) is 0 Å². The molecule has 1 amide bonds. The van der Waals surface area contributed by atoms with Crippen LogP contribution in [0.15, 0.2) is 60.7 Å². The number of carbonyl (C=O) groups excluding carboxylic acids is 1. The molecule has 21 heavy (non-hydrogen) atoms. The van der Waals surface area contributed by atoms with Crippen molar-refractivity contribution >= 4 is 5.91 Å². The quantitative estimate of drug-likeness (QED) is 0.840. The van der Waals surface area contributed by atoms with Crippen LogP contribution in [0.2, 0.25) is 0 Å². The van der Waals surface area contributed by atoms with Gasteiger partial charge in [-0.25, -0.2) is 0 Å². The van der Waals surface area contributed by atoms with Gasteiger partial charge >= 0.3 is 0 Å². The smallest absolute Gasteiger partial charge is 0.253 e. The first-order valence-electron chi connectivity index (χ1n) is 6.97. The fourth-order valence-corrected chi connectivity index (χ4v) is 2.22. The standard InChI is InChI=1S/C18H18N2O/c1-20(18(21)16-10-6-3-7-11-16)13-12-17(14-19)15-8-4-2-5-9-15/h2-11,17H,12-13H2,1H3. The SMILES string of the molecule is CN(CCC(C#N)c1ccccc1)C(=O)c1ccccc1. The second-order valence-corrected chi connectivity index (χ2v) is 4.97. The lowest BCUT2D eigenvalue weighted by Crippen LogP contribution is -2.28. The summed E-state index contributed by atoms with van der Waals surface area (Å²) in [5, 5.41) is 9.29. The molecule has 3 nitrogen and oxygen atoms in total. The Bertz CT molecular complexity index is 617. The minimum atomic E-state index is -0.183. The summed E-state index contributed by atoms with van der Waals surface area (Å²) in [5.41, 5.74) is 1.67. The second kappa shape index (κ2) is 7.25. The van der Waals surface area contributed by atoms with Gasteiger partial charge in [0.1, 0.15) is 0 Å². The first-order valence-corrected chi connectivity index (χ1v) is 6.97. The molecule has 0 aliphatic heterocycles. The van der Waals surface area contributed by atoms with E-state index in [-0.39, 0.29) is 11.8 Å². The minimum absolute atomic E-state index is 0.0136. The van der Waals surface area contributed by atoms with Gasteiger partial charge in [-0.15, -0.1) is 0 Å². The van der Waals surface area contributed by atoms with Gasteiger partial charge in [-0.1, -0.05) is 48.5 Å². The Kier molecular flexibility index (Phi) is 5.11. The van der Waals surface area contributed by atoms with Crippen molar-refractivity contribution in [2.24, 2.45) is 0 Å². The average molecular weight is 278 g/mol. The van der Waals surface area contributed by atoms with E-state index < -0.39 is 0 Å². The van der Waals surface area contributed by atoms with Crippen LogP contribution >= 0.6 is 0 Å². The van der Waals surface area contributed by atoms with E-state index in [1.807, 2.05) is 48.5 Å². The molecule has 0 fully saturated rings. The van der Waals surface area contributed by atoms with Gasteiger partial charge in [0, 0.05) is 19.2 Å². The summed E-state index contributed by atoms with van der Waals surface area (Å²) in [6, 6.07) is 21.2. The molecule has 0 spiro atoms. The van der Waals surface area contributed by atoms with Gasteiger partial charge in [-0.3, -0.25) is 4.79 Å². The molecule has 0 aliphatic rings. The first kappa shape index (κ1) is 14.8. The molecule has 0 aromatic heterocycles. The number of carbonyl (C=O) groups is 1. The average Bonchev–Trinajstić information content (AvgIpc) is 2.56. The third kappa shape index (κ3) is 3.93. The molecule has 2 aromatic carbocycles. The monoisotopic (exact) mass is 278 g/mol. The number of rotatable bonds is 5. The van der Waals surface area contributed by atoms with E-state index in [9.17, 15) is 10.1 Å². The number of hydrogen-bond acceptors (Lipinski definition) is 2. The number of benzene rings is 2. The Balaban J connectivity index is 1.96. The highest BCUT2D eigenvalue weighted by Gasteiger charge is 2.15. The highest BCUT2D eigenvalue weighted by molar-refractivity contribution is 5.93. The molecular weight excluding hydrogens is 260 g/mol. The van der Waals surface area contributed by atoms with Crippen molar-refractivity contribution in [2.45, 2.75) is 12.3 Å². The molecule has 0 N–H and O–H groups in total. The minimum Gasteiger partial charge on any atom is -0.342 e. The van der Waals surface area contributed by atoms with Crippen LogP contribution < -0.4 is 0 Å². The molecule has 1 unspecified atom stereocenters. The second-order valence-electron chi connectivity index (χ2n) is 4.97. The van der Waals surface area contributed by atoms with Crippen LogP contribution in [0.3, 0.4) is 0 Å². The Morgan fingerprint density at radius 1 is 1.10 bits per heavy atom. The molecule has 2 aromatic rings. The summed E-state index contributed by atoms with van der Waals surface area (Å²) in [6.45, 7) is 0.556.